The fraction of sp³-hybridized carbons (Fsp3) is 0.538. The van der Waals surface area contributed by atoms with Crippen molar-refractivity contribution < 1.29 is 15.3 Å². The molecule has 0 saturated heterocycles. The fourth-order valence-corrected chi connectivity index (χ4v) is 8.38. The fourth-order valence-electron chi connectivity index (χ4n) is 8.38. The normalized spacial score (nSPS) is 13.1. The van der Waals surface area contributed by atoms with Gasteiger partial charge in [0.05, 0.1) is 0 Å². The molecular formula is C52H74O3. The van der Waals surface area contributed by atoms with Crippen molar-refractivity contribution in [1.82, 2.24) is 0 Å². The molecule has 3 N–H and O–H groups in total. The summed E-state index contributed by atoms with van der Waals surface area (Å²) in [6, 6.07) is 13.4. The van der Waals surface area contributed by atoms with E-state index in [4.69, 9.17) is 0 Å². The number of aromatic hydroxyl groups is 3. The number of hydrogen-bond donors (Lipinski definition) is 3. The molecule has 0 saturated carbocycles. The van der Waals surface area contributed by atoms with Crippen molar-refractivity contribution in [1.29, 1.82) is 0 Å². The van der Waals surface area contributed by atoms with E-state index in [1.807, 2.05) is 0 Å². The van der Waals surface area contributed by atoms with Crippen LogP contribution in [0.1, 0.15) is 194 Å². The minimum atomic E-state index is -0.219. The summed E-state index contributed by atoms with van der Waals surface area (Å²) in [6.07, 6.45) is 3.04. The second kappa shape index (κ2) is 15.0. The lowest BCUT2D eigenvalue weighted by Gasteiger charge is -2.30. The smallest absolute Gasteiger partial charge is 0.123 e. The highest BCUT2D eigenvalue weighted by Crippen LogP contribution is 2.44. The molecule has 3 nitrogen and oxygen atoms in total. The Labute approximate surface area is 335 Å². The van der Waals surface area contributed by atoms with E-state index in [1.54, 1.807) is 0 Å². The van der Waals surface area contributed by atoms with Gasteiger partial charge in [-0.3, -0.25) is 0 Å². The first-order valence-electron chi connectivity index (χ1n) is 20.6. The summed E-state index contributed by atoms with van der Waals surface area (Å²) in [5, 5.41) is 34.5. The van der Waals surface area contributed by atoms with E-state index in [0.717, 1.165) is 59.1 Å². The Hall–Kier alpha value is -3.72. The van der Waals surface area contributed by atoms with Crippen molar-refractivity contribution >= 4 is 0 Å². The largest absolute Gasteiger partial charge is 0.507 e. The second-order valence-corrected chi connectivity index (χ2v) is 21.7. The van der Waals surface area contributed by atoms with Crippen molar-refractivity contribution in [2.24, 2.45) is 0 Å². The summed E-state index contributed by atoms with van der Waals surface area (Å²) >= 11 is 0. The molecule has 0 atom stereocenters. The maximum absolute atomic E-state index is 11.6. The highest BCUT2D eigenvalue weighted by molar-refractivity contribution is 5.59. The van der Waals surface area contributed by atoms with Gasteiger partial charge >= 0.3 is 0 Å². The van der Waals surface area contributed by atoms with E-state index < -0.39 is 0 Å². The van der Waals surface area contributed by atoms with Crippen LogP contribution in [0, 0.1) is 20.8 Å². The zero-order chi connectivity index (χ0) is 42.0. The molecule has 3 heteroatoms. The van der Waals surface area contributed by atoms with Crippen LogP contribution in [-0.2, 0) is 52.8 Å². The lowest BCUT2D eigenvalue weighted by molar-refractivity contribution is 0.422. The molecule has 55 heavy (non-hydrogen) atoms. The van der Waals surface area contributed by atoms with Crippen LogP contribution in [0.25, 0.3) is 0 Å². The van der Waals surface area contributed by atoms with Gasteiger partial charge in [0.1, 0.15) is 17.2 Å². The standard InChI is InChI=1S/C52H74O3/c1-20-36-21-33(25-40(45(36)53)48(5,6)7)22-37-30(2)38(23-34-26-41(49(8,9)10)46(54)42(27-34)50(11,12)13)32(4)39(31(37)3)24-35-28-43(51(14,15)16)47(55)44(29-35)52(17,18)19/h21,25-29,53-55H,20,22-24H2,1-19H3. The van der Waals surface area contributed by atoms with Crippen LogP contribution in [0.2, 0.25) is 0 Å². The van der Waals surface area contributed by atoms with Crippen LogP contribution < -0.4 is 0 Å². The lowest BCUT2D eigenvalue weighted by Crippen LogP contribution is -2.18. The molecular weight excluding hydrogens is 673 g/mol. The van der Waals surface area contributed by atoms with E-state index >= 15 is 0 Å². The van der Waals surface area contributed by atoms with Gasteiger partial charge in [-0.15, -0.1) is 0 Å². The average molecular weight is 747 g/mol. The minimum absolute atomic E-state index is 0.194. The van der Waals surface area contributed by atoms with Crippen molar-refractivity contribution in [3.05, 3.63) is 120 Å². The summed E-state index contributed by atoms with van der Waals surface area (Å²) in [7, 11) is 0. The van der Waals surface area contributed by atoms with Gasteiger partial charge in [0.25, 0.3) is 0 Å². The van der Waals surface area contributed by atoms with E-state index in [0.29, 0.717) is 17.2 Å². The van der Waals surface area contributed by atoms with Crippen LogP contribution in [-0.4, -0.2) is 15.3 Å². The third kappa shape index (κ3) is 9.30. The summed E-state index contributed by atoms with van der Waals surface area (Å²) in [5.41, 5.74) is 16.4. The molecule has 0 aliphatic heterocycles. The monoisotopic (exact) mass is 747 g/mol. The highest BCUT2D eigenvalue weighted by atomic mass is 16.3. The molecule has 0 unspecified atom stereocenters. The Morgan fingerprint density at radius 2 is 0.582 bits per heavy atom. The number of aryl methyl sites for hydroxylation is 1. The van der Waals surface area contributed by atoms with E-state index in [9.17, 15) is 15.3 Å². The predicted molar refractivity (Wildman–Crippen MR) is 236 cm³/mol. The maximum Gasteiger partial charge on any atom is 0.123 e. The third-order valence-corrected chi connectivity index (χ3v) is 11.9. The first-order valence-corrected chi connectivity index (χ1v) is 20.6. The summed E-state index contributed by atoms with van der Waals surface area (Å²) < 4.78 is 0. The second-order valence-electron chi connectivity index (χ2n) is 21.7. The molecule has 4 aromatic carbocycles. The Morgan fingerprint density at radius 1 is 0.364 bits per heavy atom. The number of hydrogen-bond acceptors (Lipinski definition) is 3. The summed E-state index contributed by atoms with van der Waals surface area (Å²) in [5.74, 6) is 1.24. The van der Waals surface area contributed by atoms with Crippen LogP contribution >= 0.6 is 0 Å². The number of phenolic OH excluding ortho intramolecular Hbond substituents is 3. The Bertz CT molecular complexity index is 1890. The number of phenols is 3. The quantitative estimate of drug-likeness (QED) is 0.176. The Morgan fingerprint density at radius 3 is 0.800 bits per heavy atom. The Balaban J connectivity index is 2.07. The van der Waals surface area contributed by atoms with E-state index in [2.05, 4.69) is 168 Å². The van der Waals surface area contributed by atoms with Crippen molar-refractivity contribution in [2.75, 3.05) is 0 Å². The van der Waals surface area contributed by atoms with Gasteiger partial charge in [-0.05, 0) is 157 Å². The van der Waals surface area contributed by atoms with Crippen molar-refractivity contribution in [3.63, 3.8) is 0 Å². The molecule has 0 aliphatic carbocycles. The van der Waals surface area contributed by atoms with Gasteiger partial charge in [-0.2, -0.15) is 0 Å². The van der Waals surface area contributed by atoms with Crippen LogP contribution in [0.15, 0.2) is 36.4 Å². The van der Waals surface area contributed by atoms with Crippen molar-refractivity contribution in [3.8, 4) is 17.2 Å². The van der Waals surface area contributed by atoms with E-state index in [1.165, 1.54) is 50.1 Å². The zero-order valence-electron chi connectivity index (χ0n) is 38.1. The number of benzene rings is 4. The maximum atomic E-state index is 11.6. The summed E-state index contributed by atoms with van der Waals surface area (Å²) in [6.45, 7) is 41.7. The van der Waals surface area contributed by atoms with Crippen LogP contribution in [0.4, 0.5) is 0 Å². The van der Waals surface area contributed by atoms with Gasteiger partial charge < -0.3 is 15.3 Å². The molecule has 4 rings (SSSR count). The average Bonchev–Trinajstić information content (AvgIpc) is 3.02. The van der Waals surface area contributed by atoms with Crippen molar-refractivity contribution in [2.45, 2.75) is 184 Å². The molecule has 0 amide bonds. The minimum Gasteiger partial charge on any atom is -0.507 e. The summed E-state index contributed by atoms with van der Waals surface area (Å²) in [4.78, 5) is 0. The third-order valence-electron chi connectivity index (χ3n) is 11.9. The molecule has 0 aliphatic rings. The highest BCUT2D eigenvalue weighted by Gasteiger charge is 2.30. The van der Waals surface area contributed by atoms with Crippen LogP contribution in [0.5, 0.6) is 17.2 Å². The lowest BCUT2D eigenvalue weighted by atomic mass is 9.76. The van der Waals surface area contributed by atoms with Gasteiger partial charge in [-0.25, -0.2) is 0 Å². The van der Waals surface area contributed by atoms with Gasteiger partial charge in [0, 0.05) is 0 Å². The van der Waals surface area contributed by atoms with Crippen LogP contribution in [0.3, 0.4) is 0 Å². The van der Waals surface area contributed by atoms with Gasteiger partial charge in [0.15, 0.2) is 0 Å². The van der Waals surface area contributed by atoms with Gasteiger partial charge in [-0.1, -0.05) is 147 Å². The molecule has 0 aromatic heterocycles. The zero-order valence-corrected chi connectivity index (χ0v) is 38.1. The van der Waals surface area contributed by atoms with Gasteiger partial charge in [0.2, 0.25) is 0 Å². The predicted octanol–water partition coefficient (Wildman–Crippen LogP) is 13.6. The number of rotatable bonds is 7. The first kappa shape index (κ1) is 44.0. The molecule has 300 valence electrons. The molecule has 0 bridgehead atoms. The first-order chi connectivity index (χ1) is 24.9. The van der Waals surface area contributed by atoms with E-state index in [-0.39, 0.29) is 27.1 Å². The molecule has 4 aromatic rings. The molecule has 0 radical (unpaired) electrons. The Kier molecular flexibility index (Phi) is 12.0. The molecule has 0 spiro atoms. The molecule has 0 fully saturated rings. The SMILES string of the molecule is CCc1cc(Cc2c(C)c(Cc3cc(C(C)(C)C)c(O)c(C(C)(C)C)c3)c(C)c(Cc3cc(C(C)(C)C)c(O)c(C(C)(C)C)c3)c2C)cc(C(C)(C)C)c1O. The topological polar surface area (TPSA) is 60.7 Å². The molecule has 0 heterocycles.